The molecule has 0 unspecified atom stereocenters. The summed E-state index contributed by atoms with van der Waals surface area (Å²) in [6.45, 7) is 0. The van der Waals surface area contributed by atoms with Gasteiger partial charge in [-0.2, -0.15) is 48.3 Å². The Labute approximate surface area is 206 Å². The highest BCUT2D eigenvalue weighted by atomic mass is 19.4. The molecule has 0 heterocycles. The van der Waals surface area contributed by atoms with Crippen molar-refractivity contribution in [1.82, 2.24) is 0 Å². The zero-order valence-electron chi connectivity index (χ0n) is 18.1. The van der Waals surface area contributed by atoms with Crippen LogP contribution in [0.1, 0.15) is 16.7 Å². The number of halogens is 14. The van der Waals surface area contributed by atoms with Crippen LogP contribution in [0.2, 0.25) is 0 Å². The number of rotatable bonds is 4. The van der Waals surface area contributed by atoms with E-state index in [4.69, 9.17) is 11.5 Å². The molecule has 18 heteroatoms. The second kappa shape index (κ2) is 9.57. The summed E-state index contributed by atoms with van der Waals surface area (Å²) < 4.78 is 197. The Kier molecular flexibility index (Phi) is 7.22. The van der Waals surface area contributed by atoms with E-state index in [1.54, 1.807) is 0 Å². The number of nitrogens with two attached hydrogens (primary N) is 2. The molecule has 3 rings (SSSR count). The van der Waals surface area contributed by atoms with E-state index in [0.29, 0.717) is 0 Å². The summed E-state index contributed by atoms with van der Waals surface area (Å²) in [7, 11) is 0. The SMILES string of the molecule is Nc1cc(Oc2cc(Oc3cc(N)c(C(F)(F)F)c(F)c3F)c(C(F)(F)F)cc2F)c(F)c(F)c1C(F)(F)F. The largest absolute Gasteiger partial charge is 0.453 e. The van der Waals surface area contributed by atoms with Crippen LogP contribution in [-0.2, 0) is 18.5 Å². The minimum absolute atomic E-state index is 0.0183. The van der Waals surface area contributed by atoms with E-state index in [1.165, 1.54) is 0 Å². The van der Waals surface area contributed by atoms with Crippen LogP contribution in [0.3, 0.4) is 0 Å². The van der Waals surface area contributed by atoms with Gasteiger partial charge in [0.2, 0.25) is 11.6 Å². The van der Waals surface area contributed by atoms with Crippen LogP contribution < -0.4 is 20.9 Å². The Morgan fingerprint density at radius 2 is 0.846 bits per heavy atom. The average Bonchev–Trinajstić information content (AvgIpc) is 2.74. The van der Waals surface area contributed by atoms with Gasteiger partial charge < -0.3 is 20.9 Å². The summed E-state index contributed by atoms with van der Waals surface area (Å²) in [6.07, 6.45) is -16.6. The number of benzene rings is 3. The molecule has 0 aliphatic heterocycles. The molecule has 3 aromatic carbocycles. The quantitative estimate of drug-likeness (QED) is 0.239. The van der Waals surface area contributed by atoms with Gasteiger partial charge in [0.15, 0.2) is 34.7 Å². The predicted molar refractivity (Wildman–Crippen MR) is 103 cm³/mol. The first kappa shape index (κ1) is 29.4. The van der Waals surface area contributed by atoms with Gasteiger partial charge in [0.25, 0.3) is 0 Å². The van der Waals surface area contributed by atoms with Crippen molar-refractivity contribution in [1.29, 1.82) is 0 Å². The Morgan fingerprint density at radius 3 is 1.21 bits per heavy atom. The number of hydrogen-bond acceptors (Lipinski definition) is 4. The van der Waals surface area contributed by atoms with Gasteiger partial charge in [0.05, 0.1) is 11.4 Å². The lowest BCUT2D eigenvalue weighted by atomic mass is 10.1. The van der Waals surface area contributed by atoms with Crippen molar-refractivity contribution < 1.29 is 70.9 Å². The maximum absolute atomic E-state index is 14.4. The Balaban J connectivity index is 2.16. The highest BCUT2D eigenvalue weighted by Gasteiger charge is 2.41. The standard InChI is InChI=1S/C21H8F14N2O2/c22-6-1-5(19(27,28)29)9(38-11-2-7(36)13(20(30,31)32)17(25)15(11)23)4-10(6)39-12-3-8(37)14(21(33,34)35)18(26)16(12)24/h1-4H,36-37H2. The third-order valence-corrected chi connectivity index (χ3v) is 4.75. The van der Waals surface area contributed by atoms with Crippen LogP contribution in [0, 0.1) is 29.1 Å². The molecule has 0 bridgehead atoms. The fourth-order valence-electron chi connectivity index (χ4n) is 3.12. The fourth-order valence-corrected chi connectivity index (χ4v) is 3.12. The molecule has 0 atom stereocenters. The maximum Gasteiger partial charge on any atom is 0.421 e. The Morgan fingerprint density at radius 1 is 0.462 bits per heavy atom. The van der Waals surface area contributed by atoms with Crippen LogP contribution in [0.5, 0.6) is 23.0 Å². The van der Waals surface area contributed by atoms with E-state index in [2.05, 4.69) is 9.47 Å². The highest BCUT2D eigenvalue weighted by molar-refractivity contribution is 5.57. The summed E-state index contributed by atoms with van der Waals surface area (Å²) in [5.41, 5.74) is 0.357. The Bertz CT molecular complexity index is 1450. The zero-order chi connectivity index (χ0) is 29.8. The minimum atomic E-state index is -5.54. The number of anilines is 2. The van der Waals surface area contributed by atoms with Gasteiger partial charge in [-0.15, -0.1) is 0 Å². The van der Waals surface area contributed by atoms with Crippen LogP contribution in [0.4, 0.5) is 72.8 Å². The van der Waals surface area contributed by atoms with Crippen molar-refractivity contribution in [3.05, 3.63) is 70.0 Å². The molecule has 0 spiro atoms. The van der Waals surface area contributed by atoms with Crippen molar-refractivity contribution >= 4 is 11.4 Å². The smallest absolute Gasteiger partial charge is 0.421 e. The molecular weight excluding hydrogens is 578 g/mol. The topological polar surface area (TPSA) is 70.5 Å². The van der Waals surface area contributed by atoms with Gasteiger partial charge in [0, 0.05) is 18.2 Å². The average molecular weight is 586 g/mol. The molecule has 0 fully saturated rings. The number of alkyl halides is 9. The summed E-state index contributed by atoms with van der Waals surface area (Å²) in [4.78, 5) is 0. The first-order valence-corrected chi connectivity index (χ1v) is 9.60. The minimum Gasteiger partial charge on any atom is -0.453 e. The molecule has 0 saturated carbocycles. The van der Waals surface area contributed by atoms with Gasteiger partial charge in [-0.1, -0.05) is 0 Å². The Hall–Kier alpha value is -4.12. The predicted octanol–water partition coefficient (Wildman–Crippen LogP) is 8.19. The first-order valence-electron chi connectivity index (χ1n) is 9.60. The van der Waals surface area contributed by atoms with E-state index in [-0.39, 0.29) is 18.2 Å². The van der Waals surface area contributed by atoms with Gasteiger partial charge in [-0.25, -0.2) is 13.2 Å². The molecule has 0 radical (unpaired) electrons. The molecule has 39 heavy (non-hydrogen) atoms. The van der Waals surface area contributed by atoms with Crippen molar-refractivity contribution in [3.8, 4) is 23.0 Å². The molecule has 0 aliphatic rings. The van der Waals surface area contributed by atoms with Crippen LogP contribution in [0.15, 0.2) is 24.3 Å². The van der Waals surface area contributed by atoms with Crippen LogP contribution >= 0.6 is 0 Å². The molecule has 0 amide bonds. The third kappa shape index (κ3) is 5.68. The number of hydrogen-bond donors (Lipinski definition) is 2. The lowest BCUT2D eigenvalue weighted by molar-refractivity contribution is -0.140. The summed E-state index contributed by atoms with van der Waals surface area (Å²) in [6, 6.07) is -0.538. The molecule has 0 saturated heterocycles. The molecule has 4 nitrogen and oxygen atoms in total. The molecular formula is C21H8F14N2O2. The van der Waals surface area contributed by atoms with E-state index in [1.807, 2.05) is 0 Å². The van der Waals surface area contributed by atoms with Crippen molar-refractivity contribution in [2.24, 2.45) is 0 Å². The summed E-state index contributed by atoms with van der Waals surface area (Å²) >= 11 is 0. The molecule has 0 aromatic heterocycles. The molecule has 212 valence electrons. The monoisotopic (exact) mass is 586 g/mol. The van der Waals surface area contributed by atoms with Crippen molar-refractivity contribution in [2.45, 2.75) is 18.5 Å². The highest BCUT2D eigenvalue weighted by Crippen LogP contribution is 2.46. The van der Waals surface area contributed by atoms with E-state index >= 15 is 0 Å². The lowest BCUT2D eigenvalue weighted by Gasteiger charge is -2.19. The normalized spacial score (nSPS) is 12.6. The molecule has 4 N–H and O–H groups in total. The summed E-state index contributed by atoms with van der Waals surface area (Å²) in [5, 5.41) is 0. The van der Waals surface area contributed by atoms with Gasteiger partial charge in [-0.3, -0.25) is 0 Å². The lowest BCUT2D eigenvalue weighted by Crippen LogP contribution is -2.14. The van der Waals surface area contributed by atoms with Crippen molar-refractivity contribution in [3.63, 3.8) is 0 Å². The second-order valence-corrected chi connectivity index (χ2v) is 7.41. The summed E-state index contributed by atoms with van der Waals surface area (Å²) in [5.74, 6) is -18.6. The van der Waals surface area contributed by atoms with Gasteiger partial charge >= 0.3 is 18.5 Å². The number of ether oxygens (including phenoxy) is 2. The fraction of sp³-hybridized carbons (Fsp3) is 0.143. The van der Waals surface area contributed by atoms with Gasteiger partial charge in [0.1, 0.15) is 22.4 Å². The molecule has 3 aromatic rings. The second-order valence-electron chi connectivity index (χ2n) is 7.41. The molecule has 0 aliphatic carbocycles. The van der Waals surface area contributed by atoms with Gasteiger partial charge in [-0.05, 0) is 6.07 Å². The number of nitrogen functional groups attached to an aromatic ring is 2. The van der Waals surface area contributed by atoms with Crippen LogP contribution in [0.25, 0.3) is 0 Å². The third-order valence-electron chi connectivity index (χ3n) is 4.75. The van der Waals surface area contributed by atoms with E-state index < -0.39 is 105 Å². The maximum atomic E-state index is 14.4. The zero-order valence-corrected chi connectivity index (χ0v) is 18.1. The van der Waals surface area contributed by atoms with Crippen LogP contribution in [-0.4, -0.2) is 0 Å². The first-order chi connectivity index (χ1) is 17.6. The van der Waals surface area contributed by atoms with E-state index in [0.717, 1.165) is 0 Å². The van der Waals surface area contributed by atoms with E-state index in [9.17, 15) is 61.5 Å². The van der Waals surface area contributed by atoms with Crippen molar-refractivity contribution in [2.75, 3.05) is 11.5 Å².